The Morgan fingerprint density at radius 2 is 2.38 bits per heavy atom. The van der Waals surface area contributed by atoms with E-state index in [0.717, 1.165) is 0 Å². The van der Waals surface area contributed by atoms with E-state index in [-0.39, 0.29) is 12.1 Å². The van der Waals surface area contributed by atoms with Gasteiger partial charge < -0.3 is 5.73 Å². The fourth-order valence-electron chi connectivity index (χ4n) is 0.298. The normalized spacial score (nSPS) is 12.6. The molecule has 2 N–H and O–H groups in total. The molecule has 0 bridgehead atoms. The highest BCUT2D eigenvalue weighted by molar-refractivity contribution is 4.97. The van der Waals surface area contributed by atoms with Crippen LogP contribution in [0.25, 0.3) is 0 Å². The molecular formula is C6H10FN. The van der Waals surface area contributed by atoms with Crippen molar-refractivity contribution in [3.8, 4) is 0 Å². The molecule has 2 heteroatoms. The topological polar surface area (TPSA) is 26.0 Å². The monoisotopic (exact) mass is 115 g/mol. The minimum absolute atomic E-state index is 0.0740. The van der Waals surface area contributed by atoms with Crippen LogP contribution < -0.4 is 5.73 Å². The average molecular weight is 115 g/mol. The van der Waals surface area contributed by atoms with E-state index < -0.39 is 6.17 Å². The zero-order chi connectivity index (χ0) is 6.57. The van der Waals surface area contributed by atoms with Gasteiger partial charge in [-0.15, -0.1) is 6.58 Å². The maximum absolute atomic E-state index is 12.2. The summed E-state index contributed by atoms with van der Waals surface area (Å²) in [5, 5.41) is 0. The number of halogens is 1. The molecule has 0 heterocycles. The lowest BCUT2D eigenvalue weighted by molar-refractivity contribution is 0.383. The number of hydrogen-bond donors (Lipinski definition) is 1. The van der Waals surface area contributed by atoms with Crippen molar-refractivity contribution in [2.75, 3.05) is 0 Å². The average Bonchev–Trinajstić information content (AvgIpc) is 1.67. The summed E-state index contributed by atoms with van der Waals surface area (Å²) in [6, 6.07) is 0. The van der Waals surface area contributed by atoms with Gasteiger partial charge in [-0.25, -0.2) is 4.39 Å². The van der Waals surface area contributed by atoms with Crippen molar-refractivity contribution in [1.29, 1.82) is 0 Å². The van der Waals surface area contributed by atoms with Crippen LogP contribution >= 0.6 is 0 Å². The zero-order valence-electron chi connectivity index (χ0n) is 4.73. The SMILES string of the molecule is C=CCC(F)C(=C)N. The van der Waals surface area contributed by atoms with Gasteiger partial charge in [0.05, 0.1) is 0 Å². The van der Waals surface area contributed by atoms with Gasteiger partial charge in [0, 0.05) is 12.1 Å². The van der Waals surface area contributed by atoms with Gasteiger partial charge in [-0.3, -0.25) is 0 Å². The molecule has 46 valence electrons. The third-order valence-corrected chi connectivity index (χ3v) is 0.776. The van der Waals surface area contributed by atoms with Crippen LogP contribution in [-0.2, 0) is 0 Å². The minimum Gasteiger partial charge on any atom is -0.400 e. The van der Waals surface area contributed by atoms with Gasteiger partial charge in [-0.05, 0) is 0 Å². The smallest absolute Gasteiger partial charge is 0.142 e. The highest BCUT2D eigenvalue weighted by Crippen LogP contribution is 2.02. The van der Waals surface area contributed by atoms with Crippen LogP contribution in [0.4, 0.5) is 4.39 Å². The Hall–Kier alpha value is -0.790. The lowest BCUT2D eigenvalue weighted by Crippen LogP contribution is -2.09. The highest BCUT2D eigenvalue weighted by Gasteiger charge is 2.02. The number of allylic oxidation sites excluding steroid dienone is 2. The Balaban J connectivity index is 3.46. The van der Waals surface area contributed by atoms with Gasteiger partial charge in [-0.1, -0.05) is 12.7 Å². The number of alkyl halides is 1. The van der Waals surface area contributed by atoms with Gasteiger partial charge >= 0.3 is 0 Å². The molecule has 0 aromatic carbocycles. The predicted octanol–water partition coefficient (Wildman–Crippen LogP) is 1.37. The Labute approximate surface area is 48.7 Å². The van der Waals surface area contributed by atoms with Crippen molar-refractivity contribution in [3.05, 3.63) is 24.9 Å². The van der Waals surface area contributed by atoms with Crippen LogP contribution in [0.15, 0.2) is 24.9 Å². The lowest BCUT2D eigenvalue weighted by atomic mass is 10.2. The lowest BCUT2D eigenvalue weighted by Gasteiger charge is -2.00. The summed E-state index contributed by atoms with van der Waals surface area (Å²) in [7, 11) is 0. The summed E-state index contributed by atoms with van der Waals surface area (Å²) in [6.07, 6.45) is 0.616. The Morgan fingerprint density at radius 3 is 2.50 bits per heavy atom. The quantitative estimate of drug-likeness (QED) is 0.552. The van der Waals surface area contributed by atoms with Crippen LogP contribution in [0.5, 0.6) is 0 Å². The summed E-state index contributed by atoms with van der Waals surface area (Å²) in [4.78, 5) is 0. The molecule has 0 aliphatic carbocycles. The molecule has 1 atom stereocenters. The molecule has 0 spiro atoms. The summed E-state index contributed by atoms with van der Waals surface area (Å²) in [5.74, 6) is 0. The maximum Gasteiger partial charge on any atom is 0.142 e. The second-order valence-electron chi connectivity index (χ2n) is 1.57. The molecule has 1 nitrogen and oxygen atoms in total. The highest BCUT2D eigenvalue weighted by atomic mass is 19.1. The summed E-state index contributed by atoms with van der Waals surface area (Å²) < 4.78 is 12.2. The molecule has 0 rings (SSSR count). The first kappa shape index (κ1) is 7.21. The first-order chi connectivity index (χ1) is 3.68. The molecule has 0 fully saturated rings. The van der Waals surface area contributed by atoms with Gasteiger partial charge in [0.1, 0.15) is 6.17 Å². The van der Waals surface area contributed by atoms with E-state index in [1.807, 2.05) is 0 Å². The number of nitrogens with two attached hydrogens (primary N) is 1. The fourth-order valence-corrected chi connectivity index (χ4v) is 0.298. The van der Waals surface area contributed by atoms with Crippen molar-refractivity contribution < 1.29 is 4.39 Å². The molecule has 0 aliphatic heterocycles. The Morgan fingerprint density at radius 1 is 1.88 bits per heavy atom. The van der Waals surface area contributed by atoms with E-state index in [2.05, 4.69) is 13.2 Å². The third kappa shape index (κ3) is 2.39. The van der Waals surface area contributed by atoms with Crippen molar-refractivity contribution in [2.24, 2.45) is 5.73 Å². The Kier molecular flexibility index (Phi) is 2.92. The molecule has 8 heavy (non-hydrogen) atoms. The van der Waals surface area contributed by atoms with E-state index in [4.69, 9.17) is 5.73 Å². The van der Waals surface area contributed by atoms with Crippen molar-refractivity contribution in [2.45, 2.75) is 12.6 Å². The zero-order valence-corrected chi connectivity index (χ0v) is 4.73. The molecule has 0 saturated heterocycles. The van der Waals surface area contributed by atoms with Crippen LogP contribution in [0, 0.1) is 0 Å². The second kappa shape index (κ2) is 3.24. The predicted molar refractivity (Wildman–Crippen MR) is 33.0 cm³/mol. The van der Waals surface area contributed by atoms with Crippen LogP contribution in [0.3, 0.4) is 0 Å². The van der Waals surface area contributed by atoms with Crippen LogP contribution in [-0.4, -0.2) is 6.17 Å². The number of rotatable bonds is 3. The molecular weight excluding hydrogens is 105 g/mol. The maximum atomic E-state index is 12.2. The van der Waals surface area contributed by atoms with E-state index in [1.165, 1.54) is 6.08 Å². The van der Waals surface area contributed by atoms with Crippen molar-refractivity contribution in [1.82, 2.24) is 0 Å². The first-order valence-electron chi connectivity index (χ1n) is 2.37. The van der Waals surface area contributed by atoms with Crippen LogP contribution in [0.2, 0.25) is 0 Å². The molecule has 0 radical (unpaired) electrons. The number of hydrogen-bond acceptors (Lipinski definition) is 1. The minimum atomic E-state index is -1.12. The second-order valence-corrected chi connectivity index (χ2v) is 1.57. The molecule has 0 aromatic heterocycles. The van der Waals surface area contributed by atoms with Crippen molar-refractivity contribution >= 4 is 0 Å². The van der Waals surface area contributed by atoms with E-state index in [0.29, 0.717) is 0 Å². The summed E-state index contributed by atoms with van der Waals surface area (Å²) in [5.41, 5.74) is 5.08. The molecule has 0 saturated carbocycles. The van der Waals surface area contributed by atoms with Gasteiger partial charge in [0.2, 0.25) is 0 Å². The third-order valence-electron chi connectivity index (χ3n) is 0.776. The van der Waals surface area contributed by atoms with Gasteiger partial charge in [0.15, 0.2) is 0 Å². The fraction of sp³-hybridized carbons (Fsp3) is 0.333. The van der Waals surface area contributed by atoms with Crippen molar-refractivity contribution in [3.63, 3.8) is 0 Å². The summed E-state index contributed by atoms with van der Waals surface area (Å²) >= 11 is 0. The van der Waals surface area contributed by atoms with E-state index >= 15 is 0 Å². The van der Waals surface area contributed by atoms with E-state index in [9.17, 15) is 4.39 Å². The van der Waals surface area contributed by atoms with Crippen LogP contribution in [0.1, 0.15) is 6.42 Å². The largest absolute Gasteiger partial charge is 0.400 e. The molecule has 1 unspecified atom stereocenters. The molecule has 0 aliphatic rings. The summed E-state index contributed by atoms with van der Waals surface area (Å²) in [6.45, 7) is 6.58. The molecule has 0 amide bonds. The molecule has 0 aromatic rings. The van der Waals surface area contributed by atoms with Gasteiger partial charge in [0.25, 0.3) is 0 Å². The van der Waals surface area contributed by atoms with Gasteiger partial charge in [-0.2, -0.15) is 0 Å². The standard InChI is InChI=1S/C6H10FN/c1-3-4-6(7)5(2)8/h3,6H,1-2,4,8H2. The van der Waals surface area contributed by atoms with E-state index in [1.54, 1.807) is 0 Å². The first-order valence-corrected chi connectivity index (χ1v) is 2.37. The Bertz CT molecular complexity index is 98.7.